The fraction of sp³-hybridized carbons (Fsp3) is 0.467. The van der Waals surface area contributed by atoms with E-state index in [-0.39, 0.29) is 0 Å². The molecule has 1 aromatic carbocycles. The highest BCUT2D eigenvalue weighted by molar-refractivity contribution is 9.10. The molecule has 0 fully saturated rings. The predicted molar refractivity (Wildman–Crippen MR) is 82.2 cm³/mol. The van der Waals surface area contributed by atoms with Crippen LogP contribution in [0.3, 0.4) is 0 Å². The number of aromatic nitrogens is 1. The van der Waals surface area contributed by atoms with Crippen LogP contribution in [0, 0.1) is 0 Å². The second kappa shape index (κ2) is 5.45. The Bertz CT molecular complexity index is 543. The number of fused-ring (bicyclic) bond motifs is 1. The third-order valence-corrected chi connectivity index (χ3v) is 4.13. The van der Waals surface area contributed by atoms with Gasteiger partial charge in [0.05, 0.1) is 0 Å². The van der Waals surface area contributed by atoms with E-state index < -0.39 is 0 Å². The smallest absolute Gasteiger partial charge is 0.0496 e. The standard InChI is InChI=1S/C15H21BrN2/c1-10(2)18-12(8-11(3)17-4)9-13-14(16)6-5-7-15(13)18/h5-7,9-11,17H,8H2,1-4H3. The van der Waals surface area contributed by atoms with Crippen LogP contribution in [0.4, 0.5) is 0 Å². The second-order valence-corrected chi connectivity index (χ2v) is 6.02. The van der Waals surface area contributed by atoms with E-state index in [1.807, 2.05) is 7.05 Å². The van der Waals surface area contributed by atoms with E-state index in [0.717, 1.165) is 6.42 Å². The van der Waals surface area contributed by atoms with Crippen molar-refractivity contribution in [3.05, 3.63) is 34.4 Å². The molecule has 0 saturated heterocycles. The molecule has 3 heteroatoms. The average Bonchev–Trinajstić information content (AvgIpc) is 2.68. The predicted octanol–water partition coefficient (Wildman–Crippen LogP) is 4.14. The molecule has 0 aliphatic carbocycles. The van der Waals surface area contributed by atoms with Crippen LogP contribution >= 0.6 is 15.9 Å². The quantitative estimate of drug-likeness (QED) is 0.898. The van der Waals surface area contributed by atoms with Crippen LogP contribution in [0.1, 0.15) is 32.5 Å². The first-order valence-electron chi connectivity index (χ1n) is 6.50. The SMILES string of the molecule is CNC(C)Cc1cc2c(Br)cccc2n1C(C)C. The Morgan fingerprint density at radius 2 is 2.00 bits per heavy atom. The number of likely N-dealkylation sites (N-methyl/N-ethyl adjacent to an activating group) is 1. The van der Waals surface area contributed by atoms with Crippen LogP contribution in [0.25, 0.3) is 10.9 Å². The Labute approximate surface area is 118 Å². The van der Waals surface area contributed by atoms with Crippen LogP contribution in [-0.2, 0) is 6.42 Å². The summed E-state index contributed by atoms with van der Waals surface area (Å²) >= 11 is 3.65. The third kappa shape index (κ3) is 2.47. The summed E-state index contributed by atoms with van der Waals surface area (Å²) in [6.07, 6.45) is 1.05. The lowest BCUT2D eigenvalue weighted by atomic mass is 10.1. The van der Waals surface area contributed by atoms with Crippen LogP contribution in [0.15, 0.2) is 28.7 Å². The Hall–Kier alpha value is -0.800. The van der Waals surface area contributed by atoms with Gasteiger partial charge in [-0.2, -0.15) is 0 Å². The van der Waals surface area contributed by atoms with Gasteiger partial charge in [0.15, 0.2) is 0 Å². The summed E-state index contributed by atoms with van der Waals surface area (Å²) < 4.78 is 3.62. The van der Waals surface area contributed by atoms with Gasteiger partial charge in [0.2, 0.25) is 0 Å². The molecule has 0 bridgehead atoms. The van der Waals surface area contributed by atoms with Gasteiger partial charge >= 0.3 is 0 Å². The number of benzene rings is 1. The van der Waals surface area contributed by atoms with Gasteiger partial charge in [-0.15, -0.1) is 0 Å². The number of halogens is 1. The van der Waals surface area contributed by atoms with Gasteiger partial charge in [-0.25, -0.2) is 0 Å². The molecular formula is C15H21BrN2. The largest absolute Gasteiger partial charge is 0.342 e. The minimum absolute atomic E-state index is 0.482. The summed E-state index contributed by atoms with van der Waals surface area (Å²) in [6.45, 7) is 6.71. The molecule has 0 saturated carbocycles. The van der Waals surface area contributed by atoms with Crippen molar-refractivity contribution in [2.45, 2.75) is 39.3 Å². The number of nitrogens with zero attached hydrogens (tertiary/aromatic N) is 1. The zero-order chi connectivity index (χ0) is 13.3. The van der Waals surface area contributed by atoms with Gasteiger partial charge in [0.1, 0.15) is 0 Å². The third-order valence-electron chi connectivity index (χ3n) is 3.43. The van der Waals surface area contributed by atoms with E-state index in [1.54, 1.807) is 0 Å². The van der Waals surface area contributed by atoms with Crippen LogP contribution < -0.4 is 5.32 Å². The van der Waals surface area contributed by atoms with E-state index >= 15 is 0 Å². The maximum atomic E-state index is 3.65. The Morgan fingerprint density at radius 3 is 2.61 bits per heavy atom. The molecule has 0 amide bonds. The van der Waals surface area contributed by atoms with Crippen LogP contribution in [-0.4, -0.2) is 17.7 Å². The number of hydrogen-bond acceptors (Lipinski definition) is 1. The van der Waals surface area contributed by atoms with E-state index in [2.05, 4.69) is 70.9 Å². The zero-order valence-electron chi connectivity index (χ0n) is 11.5. The molecular weight excluding hydrogens is 288 g/mol. The normalized spacial score (nSPS) is 13.4. The maximum Gasteiger partial charge on any atom is 0.0496 e. The summed E-state index contributed by atoms with van der Waals surface area (Å²) in [6, 6.07) is 9.71. The summed E-state index contributed by atoms with van der Waals surface area (Å²) in [5, 5.41) is 4.62. The summed E-state index contributed by atoms with van der Waals surface area (Å²) in [5.41, 5.74) is 2.71. The lowest BCUT2D eigenvalue weighted by Gasteiger charge is -2.17. The highest BCUT2D eigenvalue weighted by Crippen LogP contribution is 2.30. The van der Waals surface area contributed by atoms with E-state index in [9.17, 15) is 0 Å². The zero-order valence-corrected chi connectivity index (χ0v) is 13.1. The molecule has 1 unspecified atom stereocenters. The van der Waals surface area contributed by atoms with Crippen molar-refractivity contribution >= 4 is 26.8 Å². The fourth-order valence-electron chi connectivity index (χ4n) is 2.45. The second-order valence-electron chi connectivity index (χ2n) is 5.17. The van der Waals surface area contributed by atoms with Gasteiger partial charge in [0.25, 0.3) is 0 Å². The first-order chi connectivity index (χ1) is 8.54. The van der Waals surface area contributed by atoms with Crippen molar-refractivity contribution in [2.75, 3.05) is 7.05 Å². The minimum Gasteiger partial charge on any atom is -0.342 e. The van der Waals surface area contributed by atoms with E-state index in [1.165, 1.54) is 21.1 Å². The molecule has 18 heavy (non-hydrogen) atoms. The highest BCUT2D eigenvalue weighted by Gasteiger charge is 2.14. The molecule has 1 atom stereocenters. The topological polar surface area (TPSA) is 17.0 Å². The Balaban J connectivity index is 2.58. The van der Waals surface area contributed by atoms with Crippen molar-refractivity contribution in [2.24, 2.45) is 0 Å². The molecule has 0 radical (unpaired) electrons. The van der Waals surface area contributed by atoms with Crippen molar-refractivity contribution < 1.29 is 0 Å². The lowest BCUT2D eigenvalue weighted by Crippen LogP contribution is -2.25. The molecule has 0 aliphatic heterocycles. The molecule has 2 aromatic rings. The molecule has 1 aromatic heterocycles. The van der Waals surface area contributed by atoms with Gasteiger partial charge in [-0.1, -0.05) is 22.0 Å². The first-order valence-corrected chi connectivity index (χ1v) is 7.29. The first kappa shape index (κ1) is 13.6. The molecule has 2 rings (SSSR count). The summed E-state index contributed by atoms with van der Waals surface area (Å²) in [7, 11) is 2.02. The molecule has 98 valence electrons. The molecule has 0 spiro atoms. The lowest BCUT2D eigenvalue weighted by molar-refractivity contribution is 0.545. The number of rotatable bonds is 4. The van der Waals surface area contributed by atoms with Crippen LogP contribution in [0.2, 0.25) is 0 Å². The van der Waals surface area contributed by atoms with Gasteiger partial charge in [-0.3, -0.25) is 0 Å². The van der Waals surface area contributed by atoms with E-state index in [0.29, 0.717) is 12.1 Å². The van der Waals surface area contributed by atoms with E-state index in [4.69, 9.17) is 0 Å². The summed E-state index contributed by atoms with van der Waals surface area (Å²) in [4.78, 5) is 0. The van der Waals surface area contributed by atoms with Crippen molar-refractivity contribution in [1.29, 1.82) is 0 Å². The number of nitrogens with one attached hydrogen (secondary N) is 1. The fourth-order valence-corrected chi connectivity index (χ4v) is 2.92. The van der Waals surface area contributed by atoms with Crippen molar-refractivity contribution in [3.63, 3.8) is 0 Å². The number of hydrogen-bond donors (Lipinski definition) is 1. The maximum absolute atomic E-state index is 3.65. The molecule has 2 nitrogen and oxygen atoms in total. The van der Waals surface area contributed by atoms with Gasteiger partial charge < -0.3 is 9.88 Å². The minimum atomic E-state index is 0.482. The van der Waals surface area contributed by atoms with Gasteiger partial charge in [0, 0.05) is 39.6 Å². The van der Waals surface area contributed by atoms with Crippen LogP contribution in [0.5, 0.6) is 0 Å². The molecule has 0 aliphatic rings. The Kier molecular flexibility index (Phi) is 4.13. The van der Waals surface area contributed by atoms with Crippen molar-refractivity contribution in [1.82, 2.24) is 9.88 Å². The summed E-state index contributed by atoms with van der Waals surface area (Å²) in [5.74, 6) is 0. The highest BCUT2D eigenvalue weighted by atomic mass is 79.9. The van der Waals surface area contributed by atoms with Crippen molar-refractivity contribution in [3.8, 4) is 0 Å². The molecule has 1 heterocycles. The Morgan fingerprint density at radius 1 is 1.28 bits per heavy atom. The average molecular weight is 309 g/mol. The molecule has 1 N–H and O–H groups in total. The monoisotopic (exact) mass is 308 g/mol. The van der Waals surface area contributed by atoms with Gasteiger partial charge in [-0.05, 0) is 46.0 Å².